The molecule has 1 atom stereocenters. The number of aryl methyl sites for hydroxylation is 1. The molecule has 108 valence electrons. The Morgan fingerprint density at radius 1 is 1.45 bits per heavy atom. The second-order valence-electron chi connectivity index (χ2n) is 5.09. The molecule has 0 saturated carbocycles. The average Bonchev–Trinajstić information content (AvgIpc) is 2.83. The van der Waals surface area contributed by atoms with Crippen LogP contribution in [0.2, 0.25) is 0 Å². The van der Waals surface area contributed by atoms with Gasteiger partial charge >= 0.3 is 0 Å². The zero-order chi connectivity index (χ0) is 13.9. The minimum Gasteiger partial charge on any atom is -0.378 e. The predicted octanol–water partition coefficient (Wildman–Crippen LogP) is 3.89. The topological polar surface area (TPSA) is 39.9 Å². The quantitative estimate of drug-likeness (QED) is 0.778. The Balaban J connectivity index is 1.81. The zero-order valence-electron chi connectivity index (χ0n) is 11.2. The Kier molecular flexibility index (Phi) is 4.58. The van der Waals surface area contributed by atoms with Gasteiger partial charge in [0.2, 0.25) is 0 Å². The third-order valence-electron chi connectivity index (χ3n) is 3.70. The average molecular weight is 359 g/mol. The van der Waals surface area contributed by atoms with Gasteiger partial charge in [-0.25, -0.2) is 9.97 Å². The molecule has 3 heterocycles. The Bertz CT molecular complexity index is 595. The van der Waals surface area contributed by atoms with E-state index in [0.717, 1.165) is 47.5 Å². The van der Waals surface area contributed by atoms with Gasteiger partial charge in [0.1, 0.15) is 11.3 Å². The molecule has 2 aromatic rings. The summed E-state index contributed by atoms with van der Waals surface area (Å²) in [4.78, 5) is 9.02. The molecule has 0 radical (unpaired) electrons. The number of nitrogens with zero attached hydrogens (tertiary/aromatic N) is 3. The molecule has 0 spiro atoms. The largest absolute Gasteiger partial charge is 0.378 e. The van der Waals surface area contributed by atoms with Crippen LogP contribution in [0.3, 0.4) is 0 Å². The van der Waals surface area contributed by atoms with Gasteiger partial charge in [-0.1, -0.05) is 0 Å². The molecule has 0 bridgehead atoms. The minimum absolute atomic E-state index is 0.361. The molecule has 1 unspecified atom stereocenters. The maximum absolute atomic E-state index is 6.01. The molecule has 0 amide bonds. The molecule has 20 heavy (non-hydrogen) atoms. The van der Waals surface area contributed by atoms with E-state index in [1.165, 1.54) is 12.8 Å². The van der Waals surface area contributed by atoms with E-state index in [2.05, 4.69) is 30.5 Å². The number of imidazole rings is 1. The van der Waals surface area contributed by atoms with Gasteiger partial charge in [0.15, 0.2) is 5.65 Å². The Labute approximate surface area is 131 Å². The van der Waals surface area contributed by atoms with Crippen LogP contribution in [0.25, 0.3) is 11.2 Å². The van der Waals surface area contributed by atoms with Crippen molar-refractivity contribution in [1.29, 1.82) is 0 Å². The van der Waals surface area contributed by atoms with E-state index in [-0.39, 0.29) is 0 Å². The lowest BCUT2D eigenvalue weighted by Crippen LogP contribution is -2.21. The number of pyridine rings is 1. The van der Waals surface area contributed by atoms with Crippen molar-refractivity contribution in [2.24, 2.45) is 0 Å². The van der Waals surface area contributed by atoms with Gasteiger partial charge in [-0.15, -0.1) is 11.6 Å². The summed E-state index contributed by atoms with van der Waals surface area (Å²) in [6, 6.07) is 1.98. The van der Waals surface area contributed by atoms with Crippen molar-refractivity contribution in [3.63, 3.8) is 0 Å². The molecular weight excluding hydrogens is 342 g/mol. The first-order valence-electron chi connectivity index (χ1n) is 6.96. The summed E-state index contributed by atoms with van der Waals surface area (Å²) in [5.74, 6) is 1.28. The highest BCUT2D eigenvalue weighted by atomic mass is 79.9. The van der Waals surface area contributed by atoms with Crippen LogP contribution in [0.4, 0.5) is 0 Å². The molecule has 4 nitrogen and oxygen atoms in total. The van der Waals surface area contributed by atoms with E-state index in [1.54, 1.807) is 6.20 Å². The lowest BCUT2D eigenvalue weighted by Gasteiger charge is -2.22. The maximum atomic E-state index is 6.01. The number of ether oxygens (including phenoxy) is 1. The second-order valence-corrected chi connectivity index (χ2v) is 6.27. The van der Waals surface area contributed by atoms with Crippen LogP contribution in [-0.2, 0) is 17.2 Å². The second kappa shape index (κ2) is 6.41. The van der Waals surface area contributed by atoms with Gasteiger partial charge in [-0.2, -0.15) is 0 Å². The highest BCUT2D eigenvalue weighted by Gasteiger charge is 2.16. The third kappa shape index (κ3) is 3.00. The summed E-state index contributed by atoms with van der Waals surface area (Å²) in [5, 5.41) is 0. The fourth-order valence-electron chi connectivity index (χ4n) is 2.68. The van der Waals surface area contributed by atoms with Crippen LogP contribution in [0.1, 0.15) is 31.5 Å². The Morgan fingerprint density at radius 3 is 3.10 bits per heavy atom. The van der Waals surface area contributed by atoms with Gasteiger partial charge in [0.05, 0.1) is 12.0 Å². The smallest absolute Gasteiger partial charge is 0.160 e. The Hall–Kier alpha value is -0.650. The normalized spacial score (nSPS) is 19.6. The van der Waals surface area contributed by atoms with Crippen molar-refractivity contribution in [3.8, 4) is 0 Å². The van der Waals surface area contributed by atoms with Crippen molar-refractivity contribution < 1.29 is 4.74 Å². The zero-order valence-corrected chi connectivity index (χ0v) is 13.5. The van der Waals surface area contributed by atoms with E-state index in [9.17, 15) is 0 Å². The summed E-state index contributed by atoms with van der Waals surface area (Å²) in [6.07, 6.45) is 6.76. The summed E-state index contributed by atoms with van der Waals surface area (Å²) in [6.45, 7) is 1.75. The molecule has 2 aromatic heterocycles. The molecule has 1 fully saturated rings. The number of hydrogen-bond acceptors (Lipinski definition) is 3. The molecule has 1 aliphatic heterocycles. The van der Waals surface area contributed by atoms with Crippen molar-refractivity contribution in [2.45, 2.75) is 44.2 Å². The predicted molar refractivity (Wildman–Crippen MR) is 83.0 cm³/mol. The number of hydrogen-bond donors (Lipinski definition) is 0. The lowest BCUT2D eigenvalue weighted by atomic mass is 10.1. The fourth-order valence-corrected chi connectivity index (χ4v) is 3.20. The van der Waals surface area contributed by atoms with Crippen LogP contribution in [0.5, 0.6) is 0 Å². The molecule has 1 aliphatic rings. The Morgan fingerprint density at radius 2 is 2.35 bits per heavy atom. The number of halogens is 2. The fraction of sp³-hybridized carbons (Fsp3) is 0.571. The van der Waals surface area contributed by atoms with Gasteiger partial charge in [-0.05, 0) is 47.7 Å². The standard InChI is InChI=1S/C14H17BrClN3O/c15-10-7-12-14(17-9-10)19(13(8-16)18-12)5-4-11-3-1-2-6-20-11/h7,9,11H,1-6,8H2. The molecule has 0 aliphatic carbocycles. The van der Waals surface area contributed by atoms with Crippen LogP contribution in [0.15, 0.2) is 16.7 Å². The lowest BCUT2D eigenvalue weighted by molar-refractivity contribution is 0.00887. The highest BCUT2D eigenvalue weighted by Crippen LogP contribution is 2.22. The summed E-state index contributed by atoms with van der Waals surface area (Å²) in [7, 11) is 0. The van der Waals surface area contributed by atoms with Crippen LogP contribution in [0, 0.1) is 0 Å². The van der Waals surface area contributed by atoms with Gasteiger partial charge in [0, 0.05) is 23.8 Å². The highest BCUT2D eigenvalue weighted by molar-refractivity contribution is 9.10. The van der Waals surface area contributed by atoms with Gasteiger partial charge < -0.3 is 9.30 Å². The third-order valence-corrected chi connectivity index (χ3v) is 4.37. The summed E-state index contributed by atoms with van der Waals surface area (Å²) < 4.78 is 8.84. The van der Waals surface area contributed by atoms with E-state index < -0.39 is 0 Å². The molecule has 6 heteroatoms. The minimum atomic E-state index is 0.361. The first kappa shape index (κ1) is 14.3. The molecule has 0 N–H and O–H groups in total. The van der Waals surface area contributed by atoms with E-state index in [1.807, 2.05) is 6.07 Å². The van der Waals surface area contributed by atoms with Crippen LogP contribution < -0.4 is 0 Å². The summed E-state index contributed by atoms with van der Waals surface area (Å²) in [5.41, 5.74) is 1.79. The SMILES string of the molecule is ClCc1nc2cc(Br)cnc2n1CCC1CCCCO1. The number of aromatic nitrogens is 3. The van der Waals surface area contributed by atoms with Gasteiger partial charge in [-0.3, -0.25) is 0 Å². The van der Waals surface area contributed by atoms with Crippen molar-refractivity contribution in [3.05, 3.63) is 22.6 Å². The van der Waals surface area contributed by atoms with Crippen molar-refractivity contribution in [2.75, 3.05) is 6.61 Å². The summed E-state index contributed by atoms with van der Waals surface area (Å²) >= 11 is 9.44. The first-order valence-corrected chi connectivity index (χ1v) is 8.29. The molecule has 1 saturated heterocycles. The number of rotatable bonds is 4. The van der Waals surface area contributed by atoms with Gasteiger partial charge in [0.25, 0.3) is 0 Å². The van der Waals surface area contributed by atoms with E-state index in [4.69, 9.17) is 16.3 Å². The number of alkyl halides is 1. The monoisotopic (exact) mass is 357 g/mol. The van der Waals surface area contributed by atoms with Crippen LogP contribution >= 0.6 is 27.5 Å². The molecular formula is C14H17BrClN3O. The number of fused-ring (bicyclic) bond motifs is 1. The molecule has 3 rings (SSSR count). The van der Waals surface area contributed by atoms with Crippen molar-refractivity contribution >= 4 is 38.7 Å². The van der Waals surface area contributed by atoms with E-state index in [0.29, 0.717) is 12.0 Å². The van der Waals surface area contributed by atoms with Crippen molar-refractivity contribution in [1.82, 2.24) is 14.5 Å². The van der Waals surface area contributed by atoms with E-state index >= 15 is 0 Å². The maximum Gasteiger partial charge on any atom is 0.160 e. The molecule has 0 aromatic carbocycles. The van der Waals surface area contributed by atoms with Crippen LogP contribution in [-0.4, -0.2) is 27.2 Å². The first-order chi connectivity index (χ1) is 9.78.